The molecule has 25 heavy (non-hydrogen) atoms. The van der Waals surface area contributed by atoms with Crippen LogP contribution in [0.3, 0.4) is 0 Å². The molecule has 0 aliphatic rings. The van der Waals surface area contributed by atoms with Gasteiger partial charge >= 0.3 is 5.69 Å². The number of hydrogen-bond acceptors (Lipinski definition) is 7. The Bertz CT molecular complexity index is 886. The van der Waals surface area contributed by atoms with Gasteiger partial charge in [-0.2, -0.15) is 0 Å². The summed E-state index contributed by atoms with van der Waals surface area (Å²) >= 11 is 0. The second kappa shape index (κ2) is 7.86. The zero-order valence-corrected chi connectivity index (χ0v) is 13.3. The van der Waals surface area contributed by atoms with Crippen LogP contribution in [-0.2, 0) is 11.3 Å². The Morgan fingerprint density at radius 2 is 2.12 bits per heavy atom. The molecule has 0 saturated heterocycles. The number of carbonyl (C=O) groups excluding carboxylic acids is 1. The van der Waals surface area contributed by atoms with Crippen LogP contribution >= 0.6 is 0 Å². The minimum Gasteiger partial charge on any atom is -0.368 e. The molecule has 132 valence electrons. The fourth-order valence-electron chi connectivity index (χ4n) is 1.94. The molecule has 11 nitrogen and oxygen atoms in total. The number of nitrogens with one attached hydrogen (secondary N) is 3. The van der Waals surface area contributed by atoms with E-state index in [9.17, 15) is 24.5 Å². The number of aryl methyl sites for hydroxylation is 1. The first-order valence-corrected chi connectivity index (χ1v) is 7.28. The topological polar surface area (TPSA) is 152 Å². The number of pyridine rings is 1. The van der Waals surface area contributed by atoms with E-state index in [0.717, 1.165) is 10.8 Å². The molecule has 0 atom stereocenters. The lowest BCUT2D eigenvalue weighted by Crippen LogP contribution is -2.37. The Labute approximate surface area is 140 Å². The summed E-state index contributed by atoms with van der Waals surface area (Å²) in [5.41, 5.74) is -0.917. The Hall–Kier alpha value is -3.50. The highest BCUT2D eigenvalue weighted by Crippen LogP contribution is 2.11. The lowest BCUT2D eigenvalue weighted by atomic mass is 10.4. The Morgan fingerprint density at radius 1 is 1.36 bits per heavy atom. The molecule has 11 heteroatoms. The summed E-state index contributed by atoms with van der Waals surface area (Å²) < 4.78 is 1.11. The largest absolute Gasteiger partial charge is 0.368 e. The standard InChI is InChI=1S/C14H16N6O5/c1-9-7-19(14(23)18-13(9)22)8-12(21)16-5-4-15-11-3-2-10(6-17-11)20(24)25/h2-3,6-7H,4-5,8H2,1H3,(H,15,17)(H,16,21)(H,18,22,23). The maximum Gasteiger partial charge on any atom is 0.328 e. The molecule has 0 unspecified atom stereocenters. The first-order valence-electron chi connectivity index (χ1n) is 7.28. The van der Waals surface area contributed by atoms with Gasteiger partial charge < -0.3 is 10.6 Å². The summed E-state index contributed by atoms with van der Waals surface area (Å²) in [6, 6.07) is 2.78. The molecule has 1 amide bonds. The van der Waals surface area contributed by atoms with E-state index >= 15 is 0 Å². The predicted molar refractivity (Wildman–Crippen MR) is 88.5 cm³/mol. The second-order valence-corrected chi connectivity index (χ2v) is 5.13. The number of aromatic nitrogens is 3. The summed E-state index contributed by atoms with van der Waals surface area (Å²) in [7, 11) is 0. The van der Waals surface area contributed by atoms with Crippen LogP contribution in [0, 0.1) is 17.0 Å². The average molecular weight is 348 g/mol. The lowest BCUT2D eigenvalue weighted by molar-refractivity contribution is -0.385. The van der Waals surface area contributed by atoms with Gasteiger partial charge in [-0.1, -0.05) is 0 Å². The van der Waals surface area contributed by atoms with Gasteiger partial charge in [0.2, 0.25) is 5.91 Å². The molecule has 2 aromatic rings. The summed E-state index contributed by atoms with van der Waals surface area (Å²) in [5.74, 6) is 0.0411. The fourth-order valence-corrected chi connectivity index (χ4v) is 1.94. The quantitative estimate of drug-likeness (QED) is 0.342. The first-order chi connectivity index (χ1) is 11.9. The Morgan fingerprint density at radius 3 is 2.76 bits per heavy atom. The molecule has 3 N–H and O–H groups in total. The van der Waals surface area contributed by atoms with E-state index in [0.29, 0.717) is 17.9 Å². The van der Waals surface area contributed by atoms with Crippen LogP contribution in [-0.4, -0.2) is 38.5 Å². The summed E-state index contributed by atoms with van der Waals surface area (Å²) in [4.78, 5) is 50.6. The molecule has 2 aromatic heterocycles. The van der Waals surface area contributed by atoms with Crippen molar-refractivity contribution in [1.29, 1.82) is 0 Å². The molecule has 0 aromatic carbocycles. The lowest BCUT2D eigenvalue weighted by Gasteiger charge is -2.08. The van der Waals surface area contributed by atoms with E-state index in [1.807, 2.05) is 0 Å². The minimum atomic E-state index is -0.654. The third-order valence-corrected chi connectivity index (χ3v) is 3.21. The molecule has 0 radical (unpaired) electrons. The molecule has 2 rings (SSSR count). The van der Waals surface area contributed by atoms with E-state index < -0.39 is 22.1 Å². The van der Waals surface area contributed by atoms with E-state index in [2.05, 4.69) is 20.6 Å². The van der Waals surface area contributed by atoms with Crippen molar-refractivity contribution >= 4 is 17.4 Å². The molecule has 0 aliphatic heterocycles. The molecular formula is C14H16N6O5. The number of H-pyrrole nitrogens is 1. The smallest absolute Gasteiger partial charge is 0.328 e. The Balaban J connectivity index is 1.79. The van der Waals surface area contributed by atoms with Crippen LogP contribution in [0.4, 0.5) is 11.5 Å². The van der Waals surface area contributed by atoms with Crippen LogP contribution in [0.2, 0.25) is 0 Å². The highest BCUT2D eigenvalue weighted by molar-refractivity contribution is 5.75. The van der Waals surface area contributed by atoms with Crippen LogP contribution in [0.25, 0.3) is 0 Å². The number of aromatic amines is 1. The predicted octanol–water partition coefficient (Wildman–Crippen LogP) is -0.623. The van der Waals surface area contributed by atoms with E-state index in [-0.39, 0.29) is 18.8 Å². The number of rotatable bonds is 7. The average Bonchev–Trinajstić information content (AvgIpc) is 2.57. The van der Waals surface area contributed by atoms with Gasteiger partial charge in [0.05, 0.1) is 4.92 Å². The fraction of sp³-hybridized carbons (Fsp3) is 0.286. The van der Waals surface area contributed by atoms with Gasteiger partial charge in [-0.3, -0.25) is 29.3 Å². The zero-order chi connectivity index (χ0) is 18.4. The highest BCUT2D eigenvalue weighted by atomic mass is 16.6. The van der Waals surface area contributed by atoms with Gasteiger partial charge in [0.1, 0.15) is 18.6 Å². The summed E-state index contributed by atoms with van der Waals surface area (Å²) in [6.45, 7) is 1.92. The van der Waals surface area contributed by atoms with Gasteiger partial charge in [-0.05, 0) is 13.0 Å². The highest BCUT2D eigenvalue weighted by Gasteiger charge is 2.07. The third kappa shape index (κ3) is 4.99. The Kier molecular flexibility index (Phi) is 5.61. The van der Waals surface area contributed by atoms with Crippen LogP contribution in [0.15, 0.2) is 34.1 Å². The van der Waals surface area contributed by atoms with Crippen molar-refractivity contribution in [2.24, 2.45) is 0 Å². The molecule has 0 saturated carbocycles. The molecular weight excluding hydrogens is 332 g/mol. The molecule has 2 heterocycles. The van der Waals surface area contributed by atoms with Gasteiger partial charge in [-0.25, -0.2) is 9.78 Å². The van der Waals surface area contributed by atoms with Crippen LogP contribution < -0.4 is 21.9 Å². The van der Waals surface area contributed by atoms with Crippen molar-refractivity contribution in [2.45, 2.75) is 13.5 Å². The number of nitro groups is 1. The molecule has 0 aliphatic carbocycles. The maximum atomic E-state index is 11.8. The number of anilines is 1. The van der Waals surface area contributed by atoms with Crippen molar-refractivity contribution in [3.8, 4) is 0 Å². The van der Waals surface area contributed by atoms with Crippen LogP contribution in [0.1, 0.15) is 5.56 Å². The molecule has 0 bridgehead atoms. The van der Waals surface area contributed by atoms with Crippen molar-refractivity contribution < 1.29 is 9.72 Å². The van der Waals surface area contributed by atoms with Crippen molar-refractivity contribution in [1.82, 2.24) is 19.9 Å². The van der Waals surface area contributed by atoms with Crippen LogP contribution in [0.5, 0.6) is 0 Å². The first kappa shape index (κ1) is 17.8. The van der Waals surface area contributed by atoms with Gasteiger partial charge in [0.15, 0.2) is 0 Å². The normalized spacial score (nSPS) is 10.3. The zero-order valence-electron chi connectivity index (χ0n) is 13.3. The van der Waals surface area contributed by atoms with Gasteiger partial charge in [0.25, 0.3) is 11.2 Å². The summed E-state index contributed by atoms with van der Waals surface area (Å²) in [6.07, 6.45) is 2.45. The molecule has 0 fully saturated rings. The monoisotopic (exact) mass is 348 g/mol. The SMILES string of the molecule is Cc1cn(CC(=O)NCCNc2ccc([N+](=O)[O-])cn2)c(=O)[nH]c1=O. The van der Waals surface area contributed by atoms with Gasteiger partial charge in [0, 0.05) is 30.9 Å². The van der Waals surface area contributed by atoms with E-state index in [1.165, 1.54) is 25.3 Å². The number of carbonyl (C=O) groups is 1. The maximum absolute atomic E-state index is 11.8. The number of amides is 1. The van der Waals surface area contributed by atoms with Crippen molar-refractivity contribution in [2.75, 3.05) is 18.4 Å². The molecule has 0 spiro atoms. The minimum absolute atomic E-state index is 0.111. The van der Waals surface area contributed by atoms with Gasteiger partial charge in [-0.15, -0.1) is 0 Å². The van der Waals surface area contributed by atoms with Crippen molar-refractivity contribution in [3.05, 3.63) is 61.0 Å². The number of nitrogens with zero attached hydrogens (tertiary/aromatic N) is 3. The van der Waals surface area contributed by atoms with E-state index in [4.69, 9.17) is 0 Å². The second-order valence-electron chi connectivity index (χ2n) is 5.13. The number of hydrogen-bond donors (Lipinski definition) is 3. The summed E-state index contributed by atoms with van der Waals surface area (Å²) in [5, 5.41) is 16.0. The van der Waals surface area contributed by atoms with Crippen molar-refractivity contribution in [3.63, 3.8) is 0 Å². The van der Waals surface area contributed by atoms with E-state index in [1.54, 1.807) is 0 Å². The third-order valence-electron chi connectivity index (χ3n) is 3.21.